The Balaban J connectivity index is 2.93. The second-order valence-corrected chi connectivity index (χ2v) is 8.32. The SMILES string of the molecule is CC(C)[C@H](NC(=O)[C@H](CC(N)=O)NC(=O)[C@@H](NC(=O)[C@@H](N)Cc1ccccc1)[C@@H](C)O)C(=O)O. The second kappa shape index (κ2) is 13.3. The maximum absolute atomic E-state index is 12.8. The van der Waals surface area contributed by atoms with Gasteiger partial charge in [0.1, 0.15) is 18.1 Å². The summed E-state index contributed by atoms with van der Waals surface area (Å²) in [7, 11) is 0. The molecule has 0 aliphatic heterocycles. The van der Waals surface area contributed by atoms with E-state index in [9.17, 15) is 34.2 Å². The van der Waals surface area contributed by atoms with E-state index < -0.39 is 72.2 Å². The van der Waals surface area contributed by atoms with E-state index in [1.54, 1.807) is 44.2 Å². The van der Waals surface area contributed by atoms with Crippen molar-refractivity contribution < 1.29 is 34.2 Å². The normalized spacial score (nSPS) is 15.4. The summed E-state index contributed by atoms with van der Waals surface area (Å²) in [6, 6.07) is 3.60. The number of carboxylic acids is 1. The lowest BCUT2D eigenvalue weighted by Gasteiger charge is -2.26. The van der Waals surface area contributed by atoms with Gasteiger partial charge in [0.05, 0.1) is 18.6 Å². The number of aliphatic hydroxyl groups is 1. The molecule has 0 aromatic heterocycles. The van der Waals surface area contributed by atoms with Gasteiger partial charge >= 0.3 is 5.97 Å². The monoisotopic (exact) mass is 479 g/mol. The van der Waals surface area contributed by atoms with Crippen molar-refractivity contribution in [3.05, 3.63) is 35.9 Å². The van der Waals surface area contributed by atoms with Gasteiger partial charge in [0.15, 0.2) is 0 Å². The predicted octanol–water partition coefficient (Wildman–Crippen LogP) is -1.99. The molecule has 0 radical (unpaired) electrons. The van der Waals surface area contributed by atoms with Crippen molar-refractivity contribution in [2.75, 3.05) is 0 Å². The second-order valence-electron chi connectivity index (χ2n) is 8.32. The minimum Gasteiger partial charge on any atom is -0.480 e. The number of hydrogen-bond donors (Lipinski definition) is 7. The van der Waals surface area contributed by atoms with Gasteiger partial charge in [-0.3, -0.25) is 19.2 Å². The van der Waals surface area contributed by atoms with E-state index in [0.717, 1.165) is 5.56 Å². The molecule has 12 heteroatoms. The molecule has 188 valence electrons. The molecule has 4 amide bonds. The summed E-state index contributed by atoms with van der Waals surface area (Å²) in [5.41, 5.74) is 11.9. The number of hydrogen-bond acceptors (Lipinski definition) is 7. The molecule has 1 aromatic carbocycles. The number of carboxylic acid groups (broad SMARTS) is 1. The number of nitrogens with two attached hydrogens (primary N) is 2. The van der Waals surface area contributed by atoms with Crippen LogP contribution in [0.5, 0.6) is 0 Å². The molecule has 34 heavy (non-hydrogen) atoms. The number of aliphatic hydroxyl groups excluding tert-OH is 1. The lowest BCUT2D eigenvalue weighted by Crippen LogP contribution is -2.60. The van der Waals surface area contributed by atoms with Gasteiger partial charge in [0.25, 0.3) is 0 Å². The minimum absolute atomic E-state index is 0.180. The Hall–Kier alpha value is -3.51. The molecule has 0 aliphatic carbocycles. The van der Waals surface area contributed by atoms with Crippen LogP contribution in [0.4, 0.5) is 0 Å². The summed E-state index contributed by atoms with van der Waals surface area (Å²) in [5.74, 6) is -5.36. The van der Waals surface area contributed by atoms with Gasteiger partial charge < -0.3 is 37.6 Å². The number of benzene rings is 1. The highest BCUT2D eigenvalue weighted by Crippen LogP contribution is 2.06. The first-order valence-electron chi connectivity index (χ1n) is 10.7. The Morgan fingerprint density at radius 3 is 1.91 bits per heavy atom. The first kappa shape index (κ1) is 28.5. The quantitative estimate of drug-likeness (QED) is 0.168. The number of primary amides is 1. The van der Waals surface area contributed by atoms with Gasteiger partial charge in [0, 0.05) is 0 Å². The van der Waals surface area contributed by atoms with Gasteiger partial charge in [-0.2, -0.15) is 0 Å². The number of aliphatic carboxylic acids is 1. The Kier molecular flexibility index (Phi) is 11.1. The first-order chi connectivity index (χ1) is 15.8. The van der Waals surface area contributed by atoms with E-state index in [1.807, 2.05) is 0 Å². The van der Waals surface area contributed by atoms with E-state index >= 15 is 0 Å². The third kappa shape index (κ3) is 9.16. The molecule has 0 heterocycles. The number of rotatable bonds is 13. The molecule has 0 saturated carbocycles. The summed E-state index contributed by atoms with van der Waals surface area (Å²) in [5, 5.41) is 26.2. The van der Waals surface area contributed by atoms with Crippen molar-refractivity contribution in [3.8, 4) is 0 Å². The van der Waals surface area contributed by atoms with Crippen LogP contribution >= 0.6 is 0 Å². The Bertz CT molecular complexity index is 876. The van der Waals surface area contributed by atoms with E-state index in [4.69, 9.17) is 11.5 Å². The van der Waals surface area contributed by atoms with Crippen LogP contribution in [-0.4, -0.2) is 70.1 Å². The van der Waals surface area contributed by atoms with Gasteiger partial charge in [-0.15, -0.1) is 0 Å². The molecule has 12 nitrogen and oxygen atoms in total. The van der Waals surface area contributed by atoms with E-state index in [-0.39, 0.29) is 6.42 Å². The van der Waals surface area contributed by atoms with Crippen LogP contribution in [-0.2, 0) is 30.4 Å². The molecule has 0 bridgehead atoms. The molecule has 1 aromatic rings. The van der Waals surface area contributed by atoms with Crippen LogP contribution < -0.4 is 27.4 Å². The number of carbonyl (C=O) groups is 5. The largest absolute Gasteiger partial charge is 0.480 e. The molecular formula is C22H33N5O7. The number of carbonyl (C=O) groups excluding carboxylic acids is 4. The van der Waals surface area contributed by atoms with Crippen LogP contribution in [0.25, 0.3) is 0 Å². The Morgan fingerprint density at radius 1 is 0.882 bits per heavy atom. The van der Waals surface area contributed by atoms with Crippen molar-refractivity contribution in [2.24, 2.45) is 17.4 Å². The molecule has 0 aliphatic rings. The fourth-order valence-electron chi connectivity index (χ4n) is 3.07. The summed E-state index contributed by atoms with van der Waals surface area (Å²) in [6.07, 6.45) is -1.83. The molecule has 0 unspecified atom stereocenters. The van der Waals surface area contributed by atoms with Crippen LogP contribution in [0.3, 0.4) is 0 Å². The molecule has 0 saturated heterocycles. The third-order valence-electron chi connectivity index (χ3n) is 4.97. The Labute approximate surface area is 197 Å². The average molecular weight is 480 g/mol. The van der Waals surface area contributed by atoms with E-state index in [0.29, 0.717) is 0 Å². The lowest BCUT2D eigenvalue weighted by atomic mass is 10.0. The molecule has 9 N–H and O–H groups in total. The minimum atomic E-state index is -1.53. The molecular weight excluding hydrogens is 446 g/mol. The van der Waals surface area contributed by atoms with Crippen molar-refractivity contribution in [1.82, 2.24) is 16.0 Å². The van der Waals surface area contributed by atoms with Crippen LogP contribution in [0.15, 0.2) is 30.3 Å². The summed E-state index contributed by atoms with van der Waals surface area (Å²) in [6.45, 7) is 4.38. The summed E-state index contributed by atoms with van der Waals surface area (Å²) in [4.78, 5) is 60.7. The van der Waals surface area contributed by atoms with Crippen molar-refractivity contribution in [2.45, 2.75) is 63.9 Å². The Morgan fingerprint density at radius 2 is 1.44 bits per heavy atom. The smallest absolute Gasteiger partial charge is 0.326 e. The van der Waals surface area contributed by atoms with Crippen LogP contribution in [0.1, 0.15) is 32.8 Å². The standard InChI is InChI=1S/C22H33N5O7/c1-11(2)17(22(33)34)26-20(31)15(10-16(24)29)25-21(32)18(12(3)28)27-19(30)14(23)9-13-7-5-4-6-8-13/h4-8,11-12,14-15,17-18,28H,9-10,23H2,1-3H3,(H2,24,29)(H,25,32)(H,26,31)(H,27,30)(H,33,34)/t12-,14+,15+,17+,18+/m1/s1. The zero-order chi connectivity index (χ0) is 26.0. The zero-order valence-electron chi connectivity index (χ0n) is 19.4. The van der Waals surface area contributed by atoms with Crippen molar-refractivity contribution in [3.63, 3.8) is 0 Å². The zero-order valence-corrected chi connectivity index (χ0v) is 19.4. The molecule has 5 atom stereocenters. The molecule has 0 fully saturated rings. The third-order valence-corrected chi connectivity index (χ3v) is 4.97. The topological polar surface area (TPSA) is 214 Å². The summed E-state index contributed by atoms with van der Waals surface area (Å²) < 4.78 is 0. The van der Waals surface area contributed by atoms with Crippen molar-refractivity contribution >= 4 is 29.6 Å². The predicted molar refractivity (Wildman–Crippen MR) is 122 cm³/mol. The fraction of sp³-hybridized carbons (Fsp3) is 0.500. The van der Waals surface area contributed by atoms with Crippen molar-refractivity contribution in [1.29, 1.82) is 0 Å². The first-order valence-corrected chi connectivity index (χ1v) is 10.7. The van der Waals surface area contributed by atoms with E-state index in [2.05, 4.69) is 16.0 Å². The van der Waals surface area contributed by atoms with E-state index in [1.165, 1.54) is 6.92 Å². The van der Waals surface area contributed by atoms with Gasteiger partial charge in [-0.05, 0) is 24.8 Å². The number of nitrogens with one attached hydrogen (secondary N) is 3. The van der Waals surface area contributed by atoms with Gasteiger partial charge in [-0.25, -0.2) is 4.79 Å². The maximum Gasteiger partial charge on any atom is 0.326 e. The molecule has 1 rings (SSSR count). The highest BCUT2D eigenvalue weighted by molar-refractivity contribution is 5.96. The van der Waals surface area contributed by atoms with Crippen LogP contribution in [0.2, 0.25) is 0 Å². The molecule has 0 spiro atoms. The number of amides is 4. The van der Waals surface area contributed by atoms with Gasteiger partial charge in [-0.1, -0.05) is 44.2 Å². The summed E-state index contributed by atoms with van der Waals surface area (Å²) >= 11 is 0. The fourth-order valence-corrected chi connectivity index (χ4v) is 3.07. The maximum atomic E-state index is 12.8. The average Bonchev–Trinajstić information content (AvgIpc) is 2.74. The lowest BCUT2D eigenvalue weighted by molar-refractivity contribution is -0.143. The highest BCUT2D eigenvalue weighted by Gasteiger charge is 2.33. The van der Waals surface area contributed by atoms with Crippen LogP contribution in [0, 0.1) is 5.92 Å². The highest BCUT2D eigenvalue weighted by atomic mass is 16.4. The van der Waals surface area contributed by atoms with Gasteiger partial charge in [0.2, 0.25) is 23.6 Å².